The second kappa shape index (κ2) is 55.8. The van der Waals surface area contributed by atoms with E-state index in [9.17, 15) is 61.0 Å². The quantitative estimate of drug-likeness (QED) is 0.0199. The summed E-state index contributed by atoms with van der Waals surface area (Å²) in [5.74, 6) is -0.284. The van der Waals surface area contributed by atoms with E-state index < -0.39 is 124 Å². The molecule has 19 heteroatoms. The second-order valence-corrected chi connectivity index (χ2v) is 27.1. The van der Waals surface area contributed by atoms with Crippen molar-refractivity contribution in [2.45, 2.75) is 401 Å². The first-order valence-corrected chi connectivity index (χ1v) is 37.7. The Kier molecular flexibility index (Phi) is 51.2. The molecule has 0 aromatic heterocycles. The van der Waals surface area contributed by atoms with Gasteiger partial charge in [-0.1, -0.05) is 281 Å². The van der Waals surface area contributed by atoms with Gasteiger partial charge in [0.25, 0.3) is 0 Å². The van der Waals surface area contributed by atoms with E-state index in [-0.39, 0.29) is 18.9 Å². The van der Waals surface area contributed by atoms with Gasteiger partial charge < -0.3 is 89.9 Å². The molecule has 17 unspecified atom stereocenters. The van der Waals surface area contributed by atoms with Crippen LogP contribution in [0.15, 0.2) is 36.5 Å². The number of ether oxygens (including phenoxy) is 6. The molecular weight excluding hydrogens is 1190 g/mol. The zero-order valence-corrected chi connectivity index (χ0v) is 58.0. The van der Waals surface area contributed by atoms with E-state index in [0.29, 0.717) is 12.8 Å². The molecule has 3 aliphatic rings. The highest BCUT2D eigenvalue weighted by molar-refractivity contribution is 5.76. The van der Waals surface area contributed by atoms with Gasteiger partial charge in [0.1, 0.15) is 73.2 Å². The molecule has 12 N–H and O–H groups in total. The first-order chi connectivity index (χ1) is 45.3. The molecule has 1 amide bonds. The summed E-state index contributed by atoms with van der Waals surface area (Å²) in [6.07, 6.45) is 39.9. The Balaban J connectivity index is 1.41. The fraction of sp³-hybridized carbons (Fsp3) is 0.905. The van der Waals surface area contributed by atoms with Gasteiger partial charge in [-0.2, -0.15) is 0 Å². The van der Waals surface area contributed by atoms with Crippen molar-refractivity contribution in [3.63, 3.8) is 0 Å². The van der Waals surface area contributed by atoms with E-state index in [1.54, 1.807) is 6.08 Å². The highest BCUT2D eigenvalue weighted by Gasteiger charge is 2.53. The molecular formula is C74H137NO18. The van der Waals surface area contributed by atoms with Gasteiger partial charge in [-0.3, -0.25) is 4.79 Å². The Labute approximate surface area is 561 Å². The standard InChI is InChI=1S/C74H137NO18/c1-3-5-7-9-11-13-15-17-19-21-23-25-26-27-28-29-30-32-34-36-38-40-42-44-46-48-50-52-62(80)75-57(58(79)51-49-47-45-43-41-39-37-35-33-31-24-22-20-18-16-14-12-10-8-6-4-2)56-88-72-68(86)65(83)70(60(54-77)90-72)93-74-69(87)66(84)71(61(55-78)91-74)92-73-67(85)64(82)63(81)59(53-76)89-73/h33,35,41,43,49,51,57-61,63-74,76-79,81-87H,3-32,34,36-40,42,44-48,50,52-56H2,1-2H3,(H,75,80)/b35-33+,43-41+,51-49+. The molecule has 3 aliphatic heterocycles. The van der Waals surface area contributed by atoms with E-state index >= 15 is 0 Å². The summed E-state index contributed by atoms with van der Waals surface area (Å²) in [6.45, 7) is 1.75. The second-order valence-electron chi connectivity index (χ2n) is 27.1. The topological polar surface area (TPSA) is 307 Å². The third-order valence-corrected chi connectivity index (χ3v) is 18.9. The van der Waals surface area contributed by atoms with Gasteiger partial charge in [-0.05, 0) is 44.9 Å². The molecule has 17 atom stereocenters. The lowest BCUT2D eigenvalue weighted by molar-refractivity contribution is -0.379. The van der Waals surface area contributed by atoms with Gasteiger partial charge in [0.2, 0.25) is 5.91 Å². The van der Waals surface area contributed by atoms with Crippen molar-refractivity contribution in [3.05, 3.63) is 36.5 Å². The maximum atomic E-state index is 13.4. The molecule has 0 saturated carbocycles. The van der Waals surface area contributed by atoms with Crippen LogP contribution in [0.2, 0.25) is 0 Å². The highest BCUT2D eigenvalue weighted by Crippen LogP contribution is 2.33. The molecule has 93 heavy (non-hydrogen) atoms. The fourth-order valence-corrected chi connectivity index (χ4v) is 12.8. The number of hydrogen-bond acceptors (Lipinski definition) is 18. The number of carbonyl (C=O) groups excluding carboxylic acids is 1. The van der Waals surface area contributed by atoms with E-state index in [1.165, 1.54) is 218 Å². The monoisotopic (exact) mass is 1330 g/mol. The molecule has 0 spiro atoms. The summed E-state index contributed by atoms with van der Waals surface area (Å²) < 4.78 is 34.4. The third kappa shape index (κ3) is 37.1. The van der Waals surface area contributed by atoms with Crippen molar-refractivity contribution >= 4 is 5.91 Å². The largest absolute Gasteiger partial charge is 0.394 e. The van der Waals surface area contributed by atoms with Gasteiger partial charge >= 0.3 is 0 Å². The lowest BCUT2D eigenvalue weighted by atomic mass is 9.96. The molecule has 0 aromatic carbocycles. The van der Waals surface area contributed by atoms with Crippen molar-refractivity contribution < 1.29 is 89.4 Å². The summed E-state index contributed by atoms with van der Waals surface area (Å²) >= 11 is 0. The Morgan fingerprint density at radius 2 is 0.688 bits per heavy atom. The molecule has 0 radical (unpaired) electrons. The number of allylic oxidation sites excluding steroid dienone is 5. The highest BCUT2D eigenvalue weighted by atomic mass is 16.8. The predicted molar refractivity (Wildman–Crippen MR) is 365 cm³/mol. The van der Waals surface area contributed by atoms with E-state index in [0.717, 1.165) is 44.9 Å². The molecule has 3 saturated heterocycles. The minimum atomic E-state index is -1.98. The predicted octanol–water partition coefficient (Wildman–Crippen LogP) is 11.2. The van der Waals surface area contributed by atoms with Crippen molar-refractivity contribution in [1.29, 1.82) is 0 Å². The summed E-state index contributed by atoms with van der Waals surface area (Å²) in [5.41, 5.74) is 0. The minimum absolute atomic E-state index is 0.236. The average Bonchev–Trinajstić information content (AvgIpc) is 0.998. The van der Waals surface area contributed by atoms with Crippen molar-refractivity contribution in [2.75, 3.05) is 26.4 Å². The van der Waals surface area contributed by atoms with Crippen molar-refractivity contribution in [1.82, 2.24) is 5.32 Å². The smallest absolute Gasteiger partial charge is 0.220 e. The summed E-state index contributed by atoms with van der Waals surface area (Å²) in [6, 6.07) is -0.995. The number of hydrogen-bond donors (Lipinski definition) is 12. The number of aliphatic hydroxyl groups excluding tert-OH is 11. The van der Waals surface area contributed by atoms with Crippen LogP contribution in [-0.2, 0) is 33.2 Å². The van der Waals surface area contributed by atoms with Gasteiger partial charge in [0.05, 0.1) is 38.6 Å². The molecule has 19 nitrogen and oxygen atoms in total. The SMILES string of the molecule is CCCCCCCCCCCCC/C=C/CC/C=C/CC/C=C/C(O)C(COC1OC(CO)C(OC2OC(CO)C(OC3OC(CO)C(O)C(O)C3O)C(O)C2O)C(O)C1O)NC(=O)CCCCCCCCCCCCCCCCCCCCCCCCCCCCC. The lowest BCUT2D eigenvalue weighted by Gasteiger charge is -2.48. The van der Waals surface area contributed by atoms with Gasteiger partial charge in [0, 0.05) is 6.42 Å². The van der Waals surface area contributed by atoms with Gasteiger partial charge in [-0.25, -0.2) is 0 Å². The number of unbranched alkanes of at least 4 members (excludes halogenated alkanes) is 39. The van der Waals surface area contributed by atoms with Crippen LogP contribution in [0.1, 0.15) is 296 Å². The molecule has 546 valence electrons. The first kappa shape index (κ1) is 85.2. The van der Waals surface area contributed by atoms with Crippen molar-refractivity contribution in [3.8, 4) is 0 Å². The number of carbonyl (C=O) groups is 1. The van der Waals surface area contributed by atoms with E-state index in [4.69, 9.17) is 28.4 Å². The number of rotatable bonds is 59. The normalized spacial score (nSPS) is 27.7. The molecule has 0 aliphatic carbocycles. The Hall–Kier alpha value is -1.99. The van der Waals surface area contributed by atoms with Crippen LogP contribution in [0.3, 0.4) is 0 Å². The van der Waals surface area contributed by atoms with Crippen LogP contribution in [0.25, 0.3) is 0 Å². The van der Waals surface area contributed by atoms with Crippen molar-refractivity contribution in [2.24, 2.45) is 0 Å². The van der Waals surface area contributed by atoms with Crippen LogP contribution >= 0.6 is 0 Å². The molecule has 0 bridgehead atoms. The third-order valence-electron chi connectivity index (χ3n) is 18.9. The maximum absolute atomic E-state index is 13.4. The molecule has 3 heterocycles. The number of nitrogens with one attached hydrogen (secondary N) is 1. The van der Waals surface area contributed by atoms with Crippen LogP contribution in [0, 0.1) is 0 Å². The lowest BCUT2D eigenvalue weighted by Crippen LogP contribution is -2.66. The zero-order chi connectivity index (χ0) is 67.5. The van der Waals surface area contributed by atoms with E-state index in [2.05, 4.69) is 43.5 Å². The molecule has 3 rings (SSSR count). The summed E-state index contributed by atoms with van der Waals surface area (Å²) in [5, 5.41) is 121. The van der Waals surface area contributed by atoms with Crippen LogP contribution < -0.4 is 5.32 Å². The fourth-order valence-electron chi connectivity index (χ4n) is 12.8. The molecule has 3 fully saturated rings. The summed E-state index contributed by atoms with van der Waals surface area (Å²) in [7, 11) is 0. The first-order valence-electron chi connectivity index (χ1n) is 37.7. The minimum Gasteiger partial charge on any atom is -0.394 e. The Morgan fingerprint density at radius 1 is 0.376 bits per heavy atom. The van der Waals surface area contributed by atoms with Crippen LogP contribution in [-0.4, -0.2) is 193 Å². The summed E-state index contributed by atoms with van der Waals surface area (Å²) in [4.78, 5) is 13.4. The number of aliphatic hydroxyl groups is 11. The number of amides is 1. The van der Waals surface area contributed by atoms with E-state index in [1.807, 2.05) is 6.08 Å². The average molecular weight is 1330 g/mol. The van der Waals surface area contributed by atoms with Crippen LogP contribution in [0.5, 0.6) is 0 Å². The zero-order valence-electron chi connectivity index (χ0n) is 58.0. The van der Waals surface area contributed by atoms with Gasteiger partial charge in [0.15, 0.2) is 18.9 Å². The Bertz CT molecular complexity index is 1830. The van der Waals surface area contributed by atoms with Gasteiger partial charge in [-0.15, -0.1) is 0 Å². The maximum Gasteiger partial charge on any atom is 0.220 e. The molecule has 0 aromatic rings. The Morgan fingerprint density at radius 3 is 1.08 bits per heavy atom. The van der Waals surface area contributed by atoms with Crippen LogP contribution in [0.4, 0.5) is 0 Å².